The number of fused-ring (bicyclic) bond motifs is 1. The van der Waals surface area contributed by atoms with E-state index in [2.05, 4.69) is 11.1 Å². The first-order valence-corrected chi connectivity index (χ1v) is 6.47. The number of hydrogen-bond donors (Lipinski definition) is 1. The Morgan fingerprint density at radius 3 is 2.81 bits per heavy atom. The minimum absolute atomic E-state index is 0.0562. The van der Waals surface area contributed by atoms with Gasteiger partial charge in [0.25, 0.3) is 0 Å². The third-order valence-corrected chi connectivity index (χ3v) is 3.15. The van der Waals surface area contributed by atoms with E-state index in [1.807, 2.05) is 30.3 Å². The lowest BCUT2D eigenvalue weighted by atomic mass is 10.1. The van der Waals surface area contributed by atoms with E-state index in [0.717, 1.165) is 16.5 Å². The summed E-state index contributed by atoms with van der Waals surface area (Å²) in [5.41, 5.74) is 1.90. The van der Waals surface area contributed by atoms with Gasteiger partial charge < -0.3 is 9.84 Å². The quantitative estimate of drug-likeness (QED) is 0.796. The Hall–Kier alpha value is -2.90. The smallest absolute Gasteiger partial charge is 0.156 e. The average molecular weight is 276 g/mol. The van der Waals surface area contributed by atoms with Crippen molar-refractivity contribution in [2.45, 2.75) is 6.61 Å². The van der Waals surface area contributed by atoms with E-state index in [-0.39, 0.29) is 6.61 Å². The number of aliphatic hydroxyl groups is 1. The zero-order valence-corrected chi connectivity index (χ0v) is 11.2. The van der Waals surface area contributed by atoms with Crippen LogP contribution in [0.5, 0.6) is 11.5 Å². The zero-order chi connectivity index (χ0) is 14.7. The number of benzene rings is 2. The number of ether oxygens (including phenoxy) is 1. The second-order valence-corrected chi connectivity index (χ2v) is 4.54. The maximum atomic E-state index is 9.25. The summed E-state index contributed by atoms with van der Waals surface area (Å²) in [6, 6.07) is 16.7. The van der Waals surface area contributed by atoms with Crippen LogP contribution in [0.1, 0.15) is 11.1 Å². The molecule has 1 N–H and O–H groups in total. The molecule has 1 heterocycles. The van der Waals surface area contributed by atoms with Crippen molar-refractivity contribution in [3.05, 3.63) is 65.9 Å². The Morgan fingerprint density at radius 2 is 2.00 bits per heavy atom. The van der Waals surface area contributed by atoms with Gasteiger partial charge in [0.05, 0.1) is 12.1 Å². The molecule has 0 aliphatic rings. The van der Waals surface area contributed by atoms with Crippen LogP contribution < -0.4 is 4.74 Å². The number of nitriles is 1. The van der Waals surface area contributed by atoms with Crippen LogP contribution in [-0.4, -0.2) is 10.1 Å². The summed E-state index contributed by atoms with van der Waals surface area (Å²) in [5, 5.41) is 19.2. The maximum Gasteiger partial charge on any atom is 0.156 e. The van der Waals surface area contributed by atoms with Gasteiger partial charge in [-0.2, -0.15) is 5.26 Å². The Balaban J connectivity index is 2.12. The van der Waals surface area contributed by atoms with Crippen molar-refractivity contribution >= 4 is 10.9 Å². The molecule has 0 amide bonds. The van der Waals surface area contributed by atoms with Gasteiger partial charge in [-0.1, -0.05) is 24.3 Å². The van der Waals surface area contributed by atoms with E-state index >= 15 is 0 Å². The van der Waals surface area contributed by atoms with Gasteiger partial charge in [0.1, 0.15) is 17.4 Å². The van der Waals surface area contributed by atoms with Crippen molar-refractivity contribution in [1.29, 1.82) is 5.26 Å². The predicted octanol–water partition coefficient (Wildman–Crippen LogP) is 3.39. The lowest BCUT2D eigenvalue weighted by Gasteiger charge is -2.11. The Labute approximate surface area is 121 Å². The summed E-state index contributed by atoms with van der Waals surface area (Å²) in [6.07, 6.45) is 1.51. The van der Waals surface area contributed by atoms with Crippen LogP contribution in [-0.2, 0) is 6.61 Å². The van der Waals surface area contributed by atoms with Gasteiger partial charge in [-0.05, 0) is 29.8 Å². The van der Waals surface area contributed by atoms with Crippen LogP contribution >= 0.6 is 0 Å². The molecule has 0 atom stereocenters. The minimum atomic E-state index is -0.0562. The first kappa shape index (κ1) is 13.1. The van der Waals surface area contributed by atoms with E-state index in [9.17, 15) is 10.4 Å². The molecule has 0 fully saturated rings. The third-order valence-electron chi connectivity index (χ3n) is 3.15. The van der Waals surface area contributed by atoms with E-state index in [1.165, 1.54) is 6.20 Å². The number of nitrogens with zero attached hydrogens (tertiary/aromatic N) is 2. The minimum Gasteiger partial charge on any atom is -0.455 e. The van der Waals surface area contributed by atoms with Crippen molar-refractivity contribution < 1.29 is 9.84 Å². The number of aromatic nitrogens is 1. The SMILES string of the molecule is N#Cc1cnc2ccccc2c1Oc1cccc(CO)c1. The van der Waals surface area contributed by atoms with Gasteiger partial charge >= 0.3 is 0 Å². The maximum absolute atomic E-state index is 9.25. The molecule has 3 aromatic rings. The van der Waals surface area contributed by atoms with Crippen LogP contribution in [0.4, 0.5) is 0 Å². The van der Waals surface area contributed by atoms with Gasteiger partial charge in [0.2, 0.25) is 0 Å². The molecular formula is C17H12N2O2. The van der Waals surface area contributed by atoms with Crippen molar-refractivity contribution in [3.8, 4) is 17.6 Å². The monoisotopic (exact) mass is 276 g/mol. The Bertz CT molecular complexity index is 838. The standard InChI is InChI=1S/C17H12N2O2/c18-9-13-10-19-16-7-2-1-6-15(16)17(13)21-14-5-3-4-12(8-14)11-20/h1-8,10,20H,11H2. The first-order valence-electron chi connectivity index (χ1n) is 6.47. The van der Waals surface area contributed by atoms with Crippen molar-refractivity contribution in [2.24, 2.45) is 0 Å². The summed E-state index contributed by atoms with van der Waals surface area (Å²) in [4.78, 5) is 4.25. The number of pyridine rings is 1. The molecule has 0 saturated carbocycles. The van der Waals surface area contributed by atoms with Gasteiger partial charge in [0.15, 0.2) is 5.75 Å². The zero-order valence-electron chi connectivity index (χ0n) is 11.2. The number of aliphatic hydroxyl groups excluding tert-OH is 1. The second-order valence-electron chi connectivity index (χ2n) is 4.54. The fourth-order valence-electron chi connectivity index (χ4n) is 2.13. The lowest BCUT2D eigenvalue weighted by Crippen LogP contribution is -1.93. The molecular weight excluding hydrogens is 264 g/mol. The summed E-state index contributed by atoms with van der Waals surface area (Å²) < 4.78 is 5.88. The molecule has 0 spiro atoms. The molecule has 0 saturated heterocycles. The predicted molar refractivity (Wildman–Crippen MR) is 78.9 cm³/mol. The molecule has 0 bridgehead atoms. The van der Waals surface area contributed by atoms with Crippen LogP contribution in [0.15, 0.2) is 54.7 Å². The molecule has 0 aliphatic heterocycles. The molecule has 3 rings (SSSR count). The molecule has 4 nitrogen and oxygen atoms in total. The molecule has 0 radical (unpaired) electrons. The highest BCUT2D eigenvalue weighted by molar-refractivity contribution is 5.87. The number of para-hydroxylation sites is 1. The summed E-state index contributed by atoms with van der Waals surface area (Å²) in [6.45, 7) is -0.0562. The van der Waals surface area contributed by atoms with Crippen LogP contribution in [0.3, 0.4) is 0 Å². The fourth-order valence-corrected chi connectivity index (χ4v) is 2.13. The number of hydrogen-bond acceptors (Lipinski definition) is 4. The third kappa shape index (κ3) is 2.55. The molecule has 21 heavy (non-hydrogen) atoms. The highest BCUT2D eigenvalue weighted by atomic mass is 16.5. The highest BCUT2D eigenvalue weighted by Gasteiger charge is 2.11. The van der Waals surface area contributed by atoms with E-state index in [4.69, 9.17) is 4.74 Å². The van der Waals surface area contributed by atoms with Crippen molar-refractivity contribution in [1.82, 2.24) is 4.98 Å². The molecule has 1 aromatic heterocycles. The number of rotatable bonds is 3. The molecule has 4 heteroatoms. The van der Waals surface area contributed by atoms with E-state index < -0.39 is 0 Å². The molecule has 2 aromatic carbocycles. The molecule has 102 valence electrons. The van der Waals surface area contributed by atoms with Crippen molar-refractivity contribution in [2.75, 3.05) is 0 Å². The highest BCUT2D eigenvalue weighted by Crippen LogP contribution is 2.32. The first-order chi connectivity index (χ1) is 10.3. The lowest BCUT2D eigenvalue weighted by molar-refractivity contribution is 0.281. The van der Waals surface area contributed by atoms with Crippen LogP contribution in [0.25, 0.3) is 10.9 Å². The van der Waals surface area contributed by atoms with E-state index in [0.29, 0.717) is 17.1 Å². The van der Waals surface area contributed by atoms with Crippen molar-refractivity contribution in [3.63, 3.8) is 0 Å². The Kier molecular flexibility index (Phi) is 3.50. The summed E-state index contributed by atoms with van der Waals surface area (Å²) in [7, 11) is 0. The molecule has 0 unspecified atom stereocenters. The summed E-state index contributed by atoms with van der Waals surface area (Å²) >= 11 is 0. The van der Waals surface area contributed by atoms with E-state index in [1.54, 1.807) is 18.2 Å². The average Bonchev–Trinajstić information content (AvgIpc) is 2.55. The summed E-state index contributed by atoms with van der Waals surface area (Å²) in [5.74, 6) is 1.06. The largest absolute Gasteiger partial charge is 0.455 e. The van der Waals surface area contributed by atoms with Crippen LogP contribution in [0, 0.1) is 11.3 Å². The van der Waals surface area contributed by atoms with Gasteiger partial charge in [-0.15, -0.1) is 0 Å². The molecule has 0 aliphatic carbocycles. The van der Waals surface area contributed by atoms with Crippen LogP contribution in [0.2, 0.25) is 0 Å². The normalized spacial score (nSPS) is 10.3. The Morgan fingerprint density at radius 1 is 1.14 bits per heavy atom. The van der Waals surface area contributed by atoms with Gasteiger partial charge in [-0.3, -0.25) is 4.98 Å². The fraction of sp³-hybridized carbons (Fsp3) is 0.0588. The van der Waals surface area contributed by atoms with Gasteiger partial charge in [0, 0.05) is 11.6 Å². The van der Waals surface area contributed by atoms with Gasteiger partial charge in [-0.25, -0.2) is 0 Å². The second kappa shape index (κ2) is 5.61. The topological polar surface area (TPSA) is 66.1 Å².